The van der Waals surface area contributed by atoms with Crippen molar-refractivity contribution < 1.29 is 27.4 Å². The van der Waals surface area contributed by atoms with Gasteiger partial charge in [0.05, 0.1) is 29.5 Å². The number of anilines is 2. The number of alkyl halides is 3. The summed E-state index contributed by atoms with van der Waals surface area (Å²) in [6, 6.07) is 11.8. The molecule has 204 valence electrons. The fourth-order valence-corrected chi connectivity index (χ4v) is 4.69. The van der Waals surface area contributed by atoms with E-state index in [1.54, 1.807) is 49.1 Å². The van der Waals surface area contributed by atoms with Crippen LogP contribution >= 0.6 is 12.2 Å². The molecule has 38 heavy (non-hydrogen) atoms. The fourth-order valence-electron chi connectivity index (χ4n) is 4.17. The van der Waals surface area contributed by atoms with Gasteiger partial charge in [-0.05, 0) is 94.2 Å². The molecule has 0 spiro atoms. The first-order valence-corrected chi connectivity index (χ1v) is 13.0. The zero-order valence-corrected chi connectivity index (χ0v) is 22.6. The molecule has 10 heteroatoms. The third kappa shape index (κ3) is 6.63. The Bertz CT molecular complexity index is 1180. The average Bonchev–Trinajstić information content (AvgIpc) is 3.05. The van der Waals surface area contributed by atoms with E-state index in [4.69, 9.17) is 27.0 Å². The van der Waals surface area contributed by atoms with E-state index in [1.807, 2.05) is 0 Å². The van der Waals surface area contributed by atoms with Crippen molar-refractivity contribution in [1.29, 1.82) is 5.26 Å². The lowest BCUT2D eigenvalue weighted by Gasteiger charge is -2.29. The molecule has 1 fully saturated rings. The fraction of sp³-hybridized carbons (Fsp3) is 0.464. The molecule has 0 atom stereocenters. The number of rotatable bonds is 12. The standard InChI is InChI=1S/C28H32F3N3O3S/c1-4-5-15-36-16-7-6-8-17-37-23-13-11-21(12-14-23)34-26(38)33(25(35)27(34,2)3)22-10-9-20(19-32)24(18-22)28(29,30)31/h9-14,18H,4-8,15-17H2,1-3H3. The molecule has 1 saturated heterocycles. The molecule has 3 rings (SSSR count). The Hall–Kier alpha value is -3.16. The van der Waals surface area contributed by atoms with Gasteiger partial charge in [-0.2, -0.15) is 18.4 Å². The van der Waals surface area contributed by atoms with Crippen LogP contribution in [0.1, 0.15) is 64.0 Å². The van der Waals surface area contributed by atoms with E-state index in [9.17, 15) is 18.0 Å². The lowest BCUT2D eigenvalue weighted by molar-refractivity contribution is -0.137. The molecule has 0 aromatic heterocycles. The number of unbranched alkanes of at least 4 members (excludes halogenated alkanes) is 3. The van der Waals surface area contributed by atoms with Gasteiger partial charge in [0.25, 0.3) is 5.91 Å². The molecule has 0 saturated carbocycles. The van der Waals surface area contributed by atoms with Crippen molar-refractivity contribution in [1.82, 2.24) is 0 Å². The molecule has 1 aliphatic heterocycles. The summed E-state index contributed by atoms with van der Waals surface area (Å²) in [5, 5.41) is 9.14. The SMILES string of the molecule is CCCCOCCCCCOc1ccc(N2C(=S)N(c3ccc(C#N)c(C(F)(F)F)c3)C(=O)C2(C)C)cc1. The molecule has 0 aliphatic carbocycles. The highest BCUT2D eigenvalue weighted by Crippen LogP contribution is 2.39. The van der Waals surface area contributed by atoms with Crippen molar-refractivity contribution in [2.45, 2.75) is 64.6 Å². The monoisotopic (exact) mass is 547 g/mol. The van der Waals surface area contributed by atoms with Gasteiger partial charge in [0.15, 0.2) is 5.11 Å². The Kier molecular flexibility index (Phi) is 9.74. The van der Waals surface area contributed by atoms with Crippen LogP contribution in [-0.4, -0.2) is 36.4 Å². The molecule has 2 aromatic rings. The van der Waals surface area contributed by atoms with E-state index in [2.05, 4.69) is 6.92 Å². The van der Waals surface area contributed by atoms with Gasteiger partial charge < -0.3 is 14.4 Å². The number of carbonyl (C=O) groups is 1. The van der Waals surface area contributed by atoms with Crippen molar-refractivity contribution in [2.24, 2.45) is 0 Å². The second-order valence-corrected chi connectivity index (χ2v) is 9.89. The quantitative estimate of drug-likeness (QED) is 0.214. The number of amides is 1. The van der Waals surface area contributed by atoms with E-state index in [1.165, 1.54) is 6.07 Å². The zero-order chi connectivity index (χ0) is 27.9. The zero-order valence-electron chi connectivity index (χ0n) is 21.8. The number of benzene rings is 2. The molecule has 0 bridgehead atoms. The first-order valence-electron chi connectivity index (χ1n) is 12.6. The van der Waals surface area contributed by atoms with Crippen LogP contribution in [0.2, 0.25) is 0 Å². The maximum Gasteiger partial charge on any atom is 0.417 e. The minimum Gasteiger partial charge on any atom is -0.494 e. The van der Waals surface area contributed by atoms with Gasteiger partial charge in [-0.15, -0.1) is 0 Å². The number of hydrogen-bond acceptors (Lipinski definition) is 5. The number of halogens is 3. The van der Waals surface area contributed by atoms with Crippen LogP contribution in [-0.2, 0) is 15.7 Å². The Labute approximate surface area is 226 Å². The van der Waals surface area contributed by atoms with E-state index < -0.39 is 28.7 Å². The number of thiocarbonyl (C=S) groups is 1. The minimum atomic E-state index is -4.75. The van der Waals surface area contributed by atoms with Gasteiger partial charge in [-0.3, -0.25) is 9.69 Å². The maximum atomic E-state index is 13.5. The van der Waals surface area contributed by atoms with E-state index in [0.29, 0.717) is 18.0 Å². The summed E-state index contributed by atoms with van der Waals surface area (Å²) < 4.78 is 51.9. The average molecular weight is 548 g/mol. The highest BCUT2D eigenvalue weighted by atomic mass is 32.1. The molecule has 2 aromatic carbocycles. The number of nitrogens with zero attached hydrogens (tertiary/aromatic N) is 3. The first kappa shape index (κ1) is 29.4. The van der Waals surface area contributed by atoms with Crippen molar-refractivity contribution in [3.8, 4) is 11.8 Å². The van der Waals surface area contributed by atoms with Crippen LogP contribution in [0.25, 0.3) is 0 Å². The van der Waals surface area contributed by atoms with Crippen LogP contribution < -0.4 is 14.5 Å². The Morgan fingerprint density at radius 3 is 2.24 bits per heavy atom. The van der Waals surface area contributed by atoms with Crippen molar-refractivity contribution >= 4 is 34.6 Å². The molecule has 1 amide bonds. The molecule has 6 nitrogen and oxygen atoms in total. The van der Waals surface area contributed by atoms with E-state index in [0.717, 1.165) is 62.4 Å². The molecule has 0 N–H and O–H groups in total. The summed E-state index contributed by atoms with van der Waals surface area (Å²) >= 11 is 5.57. The normalized spacial score (nSPS) is 15.2. The van der Waals surface area contributed by atoms with Crippen LogP contribution in [0.4, 0.5) is 24.5 Å². The maximum absolute atomic E-state index is 13.5. The van der Waals surface area contributed by atoms with Crippen LogP contribution in [0, 0.1) is 11.3 Å². The number of carbonyl (C=O) groups excluding carboxylic acids is 1. The van der Waals surface area contributed by atoms with Crippen LogP contribution in [0.3, 0.4) is 0 Å². The lowest BCUT2D eigenvalue weighted by Crippen LogP contribution is -2.44. The third-order valence-electron chi connectivity index (χ3n) is 6.29. The van der Waals surface area contributed by atoms with Gasteiger partial charge in [0.1, 0.15) is 11.3 Å². The molecular weight excluding hydrogens is 515 g/mol. The Morgan fingerprint density at radius 2 is 1.61 bits per heavy atom. The Morgan fingerprint density at radius 1 is 0.974 bits per heavy atom. The lowest BCUT2D eigenvalue weighted by atomic mass is 10.0. The van der Waals surface area contributed by atoms with E-state index in [-0.39, 0.29) is 10.8 Å². The second-order valence-electron chi connectivity index (χ2n) is 9.53. The summed E-state index contributed by atoms with van der Waals surface area (Å²) in [5.74, 6) is 0.195. The smallest absolute Gasteiger partial charge is 0.417 e. The number of hydrogen-bond donors (Lipinski definition) is 0. The summed E-state index contributed by atoms with van der Waals surface area (Å²) in [5.41, 5.74) is -2.22. The van der Waals surface area contributed by atoms with Crippen molar-refractivity contribution in [2.75, 3.05) is 29.6 Å². The summed E-state index contributed by atoms with van der Waals surface area (Å²) in [4.78, 5) is 16.0. The first-order chi connectivity index (χ1) is 18.0. The molecule has 0 unspecified atom stereocenters. The van der Waals surface area contributed by atoms with Gasteiger partial charge >= 0.3 is 6.18 Å². The molecular formula is C28H32F3N3O3S. The topological polar surface area (TPSA) is 65.8 Å². The number of ether oxygens (including phenoxy) is 2. The van der Waals surface area contributed by atoms with E-state index >= 15 is 0 Å². The van der Waals surface area contributed by atoms with Gasteiger partial charge in [-0.1, -0.05) is 13.3 Å². The molecule has 1 heterocycles. The summed E-state index contributed by atoms with van der Waals surface area (Å²) in [7, 11) is 0. The van der Waals surface area contributed by atoms with Gasteiger partial charge in [0, 0.05) is 18.9 Å². The van der Waals surface area contributed by atoms with Crippen LogP contribution in [0.15, 0.2) is 42.5 Å². The van der Waals surface area contributed by atoms with Crippen molar-refractivity contribution in [3.05, 3.63) is 53.6 Å². The van der Waals surface area contributed by atoms with Crippen LogP contribution in [0.5, 0.6) is 5.75 Å². The summed E-state index contributed by atoms with van der Waals surface area (Å²) in [6.07, 6.45) is 0.349. The third-order valence-corrected chi connectivity index (χ3v) is 6.66. The highest BCUT2D eigenvalue weighted by Gasteiger charge is 2.50. The highest BCUT2D eigenvalue weighted by molar-refractivity contribution is 7.81. The predicted octanol–water partition coefficient (Wildman–Crippen LogP) is 6.86. The van der Waals surface area contributed by atoms with Gasteiger partial charge in [0.2, 0.25) is 0 Å². The van der Waals surface area contributed by atoms with Gasteiger partial charge in [-0.25, -0.2) is 0 Å². The molecule has 1 aliphatic rings. The second kappa shape index (κ2) is 12.6. The summed E-state index contributed by atoms with van der Waals surface area (Å²) in [6.45, 7) is 7.58. The number of nitriles is 1. The molecule has 0 radical (unpaired) electrons. The predicted molar refractivity (Wildman–Crippen MR) is 144 cm³/mol. The van der Waals surface area contributed by atoms with Crippen molar-refractivity contribution in [3.63, 3.8) is 0 Å². The minimum absolute atomic E-state index is 0.0439. The largest absolute Gasteiger partial charge is 0.494 e. The Balaban J connectivity index is 1.67.